The van der Waals surface area contributed by atoms with Crippen molar-refractivity contribution in [2.75, 3.05) is 11.4 Å². The van der Waals surface area contributed by atoms with Gasteiger partial charge in [-0.3, -0.25) is 0 Å². The minimum Gasteiger partial charge on any atom is -0.343 e. The lowest BCUT2D eigenvalue weighted by atomic mass is 10.4. The molecule has 13 heavy (non-hydrogen) atoms. The van der Waals surface area contributed by atoms with E-state index in [1.807, 2.05) is 0 Å². The van der Waals surface area contributed by atoms with Crippen molar-refractivity contribution < 1.29 is 0 Å². The Hall–Kier alpha value is -1.15. The van der Waals surface area contributed by atoms with Gasteiger partial charge in [0, 0.05) is 24.1 Å². The highest BCUT2D eigenvalue weighted by molar-refractivity contribution is 7.09. The Morgan fingerprint density at radius 2 is 2.54 bits per heavy atom. The van der Waals surface area contributed by atoms with Crippen LogP contribution in [-0.4, -0.2) is 21.9 Å². The Labute approximate surface area is 81.0 Å². The highest BCUT2D eigenvalue weighted by Crippen LogP contribution is 2.31. The van der Waals surface area contributed by atoms with Crippen molar-refractivity contribution in [3.63, 3.8) is 0 Å². The van der Waals surface area contributed by atoms with E-state index < -0.39 is 0 Å². The molecule has 0 radical (unpaired) electrons. The van der Waals surface area contributed by atoms with Crippen LogP contribution in [0.25, 0.3) is 0 Å². The molecular formula is C8H10N4S. The first-order chi connectivity index (χ1) is 6.42. The Balaban J connectivity index is 2.02. The number of nitrogens with zero attached hydrogens (tertiary/aromatic N) is 4. The van der Waals surface area contributed by atoms with Crippen molar-refractivity contribution in [3.8, 4) is 6.07 Å². The number of nitriles is 1. The SMILES string of the molecule is N#CCCN(c1ncns1)C1CC1. The maximum absolute atomic E-state index is 8.51. The van der Waals surface area contributed by atoms with Gasteiger partial charge < -0.3 is 4.90 Å². The highest BCUT2D eigenvalue weighted by atomic mass is 32.1. The second-order valence-electron chi connectivity index (χ2n) is 3.06. The van der Waals surface area contributed by atoms with Gasteiger partial charge in [0.2, 0.25) is 5.13 Å². The second-order valence-corrected chi connectivity index (χ2v) is 3.82. The fraction of sp³-hybridized carbons (Fsp3) is 0.625. The highest BCUT2D eigenvalue weighted by Gasteiger charge is 2.30. The zero-order valence-electron chi connectivity index (χ0n) is 7.18. The first-order valence-electron chi connectivity index (χ1n) is 4.32. The van der Waals surface area contributed by atoms with Crippen LogP contribution in [0.4, 0.5) is 5.13 Å². The molecule has 1 aliphatic carbocycles. The third kappa shape index (κ3) is 1.95. The lowest BCUT2D eigenvalue weighted by Gasteiger charge is -2.18. The summed E-state index contributed by atoms with van der Waals surface area (Å²) >= 11 is 1.41. The lowest BCUT2D eigenvalue weighted by molar-refractivity contribution is 0.789. The van der Waals surface area contributed by atoms with Crippen LogP contribution < -0.4 is 4.90 Å². The summed E-state index contributed by atoms with van der Waals surface area (Å²) in [6.07, 6.45) is 4.59. The van der Waals surface area contributed by atoms with Crippen molar-refractivity contribution in [1.29, 1.82) is 5.26 Å². The fourth-order valence-corrected chi connectivity index (χ4v) is 1.91. The van der Waals surface area contributed by atoms with E-state index in [1.54, 1.807) is 6.33 Å². The number of aromatic nitrogens is 2. The third-order valence-electron chi connectivity index (χ3n) is 2.05. The lowest BCUT2D eigenvalue weighted by Crippen LogP contribution is -2.26. The number of rotatable bonds is 4. The van der Waals surface area contributed by atoms with Gasteiger partial charge in [-0.2, -0.15) is 9.64 Å². The monoisotopic (exact) mass is 194 g/mol. The average Bonchev–Trinajstić information content (AvgIpc) is 2.82. The predicted octanol–water partition coefficient (Wildman–Crippen LogP) is 1.42. The quantitative estimate of drug-likeness (QED) is 0.727. The molecule has 2 rings (SSSR count). The van der Waals surface area contributed by atoms with Crippen LogP contribution >= 0.6 is 11.5 Å². The van der Waals surface area contributed by atoms with Gasteiger partial charge in [0.1, 0.15) is 6.33 Å². The molecule has 0 saturated heterocycles. The van der Waals surface area contributed by atoms with E-state index in [-0.39, 0.29) is 0 Å². The summed E-state index contributed by atoms with van der Waals surface area (Å²) in [5, 5.41) is 9.46. The number of hydrogen-bond donors (Lipinski definition) is 0. The Bertz CT molecular complexity index is 298. The molecule has 0 N–H and O–H groups in total. The molecule has 4 nitrogen and oxygen atoms in total. The summed E-state index contributed by atoms with van der Waals surface area (Å²) in [5.41, 5.74) is 0. The van der Waals surface area contributed by atoms with Crippen molar-refractivity contribution in [1.82, 2.24) is 9.36 Å². The van der Waals surface area contributed by atoms with E-state index >= 15 is 0 Å². The zero-order valence-corrected chi connectivity index (χ0v) is 8.00. The summed E-state index contributed by atoms with van der Waals surface area (Å²) in [5.74, 6) is 0. The molecule has 0 unspecified atom stereocenters. The van der Waals surface area contributed by atoms with Gasteiger partial charge in [-0.25, -0.2) is 4.98 Å². The molecule has 5 heteroatoms. The van der Waals surface area contributed by atoms with E-state index in [2.05, 4.69) is 20.3 Å². The molecule has 68 valence electrons. The second kappa shape index (κ2) is 3.71. The van der Waals surface area contributed by atoms with Crippen LogP contribution in [0.15, 0.2) is 6.33 Å². The zero-order chi connectivity index (χ0) is 9.10. The van der Waals surface area contributed by atoms with Crippen LogP contribution in [0.2, 0.25) is 0 Å². The van der Waals surface area contributed by atoms with Crippen molar-refractivity contribution in [3.05, 3.63) is 6.33 Å². The van der Waals surface area contributed by atoms with E-state index in [1.165, 1.54) is 24.4 Å². The molecule has 0 atom stereocenters. The van der Waals surface area contributed by atoms with Crippen molar-refractivity contribution in [2.45, 2.75) is 25.3 Å². The normalized spacial score (nSPS) is 15.3. The summed E-state index contributed by atoms with van der Waals surface area (Å²) in [6.45, 7) is 0.788. The molecule has 1 fully saturated rings. The molecular weight excluding hydrogens is 184 g/mol. The first kappa shape index (κ1) is 8.45. The molecule has 0 spiro atoms. The molecule has 1 heterocycles. The number of anilines is 1. The first-order valence-corrected chi connectivity index (χ1v) is 5.09. The van der Waals surface area contributed by atoms with E-state index in [9.17, 15) is 0 Å². The summed E-state index contributed by atoms with van der Waals surface area (Å²) in [4.78, 5) is 6.35. The van der Waals surface area contributed by atoms with Gasteiger partial charge in [-0.05, 0) is 12.8 Å². The average molecular weight is 194 g/mol. The molecule has 1 aliphatic rings. The van der Waals surface area contributed by atoms with Gasteiger partial charge in [0.15, 0.2) is 0 Å². The van der Waals surface area contributed by atoms with Crippen LogP contribution in [0.5, 0.6) is 0 Å². The van der Waals surface area contributed by atoms with Gasteiger partial charge in [0.05, 0.1) is 12.5 Å². The summed E-state index contributed by atoms with van der Waals surface area (Å²) in [7, 11) is 0. The molecule has 0 amide bonds. The minimum absolute atomic E-state index is 0.566. The molecule has 1 aromatic heterocycles. The van der Waals surface area contributed by atoms with Crippen molar-refractivity contribution >= 4 is 16.7 Å². The van der Waals surface area contributed by atoms with Crippen LogP contribution in [0, 0.1) is 11.3 Å². The Morgan fingerprint density at radius 3 is 3.08 bits per heavy atom. The molecule has 1 aromatic rings. The number of hydrogen-bond acceptors (Lipinski definition) is 5. The summed E-state index contributed by atoms with van der Waals surface area (Å²) in [6, 6.07) is 2.77. The maximum Gasteiger partial charge on any atom is 0.205 e. The Morgan fingerprint density at radius 1 is 1.69 bits per heavy atom. The van der Waals surface area contributed by atoms with E-state index in [0.717, 1.165) is 11.7 Å². The smallest absolute Gasteiger partial charge is 0.205 e. The molecule has 0 bridgehead atoms. The topological polar surface area (TPSA) is 52.8 Å². The fourth-order valence-electron chi connectivity index (χ4n) is 1.28. The van der Waals surface area contributed by atoms with Gasteiger partial charge in [-0.1, -0.05) is 0 Å². The van der Waals surface area contributed by atoms with Crippen LogP contribution in [0.1, 0.15) is 19.3 Å². The van der Waals surface area contributed by atoms with E-state index in [0.29, 0.717) is 12.5 Å². The molecule has 0 aromatic carbocycles. The molecule has 0 aliphatic heterocycles. The van der Waals surface area contributed by atoms with Gasteiger partial charge in [0.25, 0.3) is 0 Å². The largest absolute Gasteiger partial charge is 0.343 e. The van der Waals surface area contributed by atoms with Gasteiger partial charge >= 0.3 is 0 Å². The third-order valence-corrected chi connectivity index (χ3v) is 2.75. The Kier molecular flexibility index (Phi) is 2.41. The standard InChI is InChI=1S/C8H10N4S/c9-4-1-5-12(7-2-3-7)8-10-6-11-13-8/h6-7H,1-3,5H2. The molecule has 1 saturated carbocycles. The minimum atomic E-state index is 0.566. The maximum atomic E-state index is 8.51. The van der Waals surface area contributed by atoms with Gasteiger partial charge in [-0.15, -0.1) is 0 Å². The van der Waals surface area contributed by atoms with E-state index in [4.69, 9.17) is 5.26 Å². The van der Waals surface area contributed by atoms with Crippen LogP contribution in [0.3, 0.4) is 0 Å². The van der Waals surface area contributed by atoms with Crippen LogP contribution in [-0.2, 0) is 0 Å². The van der Waals surface area contributed by atoms with Crippen molar-refractivity contribution in [2.24, 2.45) is 0 Å². The predicted molar refractivity (Wildman–Crippen MR) is 50.5 cm³/mol. The summed E-state index contributed by atoms with van der Waals surface area (Å²) < 4.78 is 3.97.